The number of aromatic nitrogens is 1. The molecule has 1 aromatic carbocycles. The smallest absolute Gasteiger partial charge is 0.336 e. The van der Waals surface area contributed by atoms with Crippen molar-refractivity contribution in [3.63, 3.8) is 0 Å². The number of hydrogen-bond donors (Lipinski definition) is 1. The second-order valence-corrected chi connectivity index (χ2v) is 5.27. The highest BCUT2D eigenvalue weighted by Gasteiger charge is 2.38. The zero-order valence-electron chi connectivity index (χ0n) is 10.9. The molecule has 2 N–H and O–H groups in total. The molecular weight excluding hydrogens is 288 g/mol. The average molecular weight is 300 g/mol. The van der Waals surface area contributed by atoms with E-state index >= 15 is 0 Å². The maximum absolute atomic E-state index is 13.7. The maximum Gasteiger partial charge on any atom is 0.420 e. The van der Waals surface area contributed by atoms with Gasteiger partial charge in [0.25, 0.3) is 0 Å². The molecule has 0 saturated heterocycles. The fourth-order valence-corrected chi connectivity index (χ4v) is 2.67. The second kappa shape index (κ2) is 4.47. The van der Waals surface area contributed by atoms with E-state index in [1.165, 1.54) is 12.1 Å². The topological polar surface area (TPSA) is 48.0 Å². The number of rotatable bonds is 1. The quantitative estimate of drug-likeness (QED) is 0.649. The van der Waals surface area contributed by atoms with Crippen LogP contribution < -0.4 is 11.4 Å². The van der Waals surface area contributed by atoms with Gasteiger partial charge in [-0.2, -0.15) is 13.2 Å². The summed E-state index contributed by atoms with van der Waals surface area (Å²) in [6.07, 6.45) is -1.98. The number of fused-ring (bicyclic) bond motifs is 1. The summed E-state index contributed by atoms with van der Waals surface area (Å²) in [5, 5.41) is -0.398. The van der Waals surface area contributed by atoms with Crippen LogP contribution in [0, 0.1) is 5.82 Å². The number of hydrogen-bond acceptors (Lipinski definition) is 2. The molecule has 3 nitrogen and oxygen atoms in total. The van der Waals surface area contributed by atoms with Crippen LogP contribution >= 0.6 is 0 Å². The molecule has 0 bridgehead atoms. The third-order valence-corrected chi connectivity index (χ3v) is 4.04. The lowest BCUT2D eigenvalue weighted by Gasteiger charge is -2.26. The summed E-state index contributed by atoms with van der Waals surface area (Å²) in [7, 11) is 0. The molecule has 7 heteroatoms. The highest BCUT2D eigenvalue weighted by atomic mass is 19.4. The van der Waals surface area contributed by atoms with Crippen molar-refractivity contribution in [2.75, 3.05) is 5.84 Å². The first-order valence-electron chi connectivity index (χ1n) is 6.51. The van der Waals surface area contributed by atoms with E-state index in [1.807, 2.05) is 0 Å². The van der Waals surface area contributed by atoms with Gasteiger partial charge in [0.1, 0.15) is 5.56 Å². The van der Waals surface area contributed by atoms with E-state index in [-0.39, 0.29) is 11.4 Å². The molecule has 1 aliphatic carbocycles. The molecule has 0 atom stereocenters. The summed E-state index contributed by atoms with van der Waals surface area (Å²) < 4.78 is 53.1. The van der Waals surface area contributed by atoms with Crippen molar-refractivity contribution < 1.29 is 17.6 Å². The van der Waals surface area contributed by atoms with Crippen molar-refractivity contribution in [1.82, 2.24) is 4.68 Å². The van der Waals surface area contributed by atoms with Crippen LogP contribution in [-0.4, -0.2) is 4.68 Å². The highest BCUT2D eigenvalue weighted by molar-refractivity contribution is 5.84. The zero-order chi connectivity index (χ0) is 15.4. The van der Waals surface area contributed by atoms with Crippen LogP contribution in [0.25, 0.3) is 10.9 Å². The molecule has 1 fully saturated rings. The molecule has 21 heavy (non-hydrogen) atoms. The molecule has 3 rings (SSSR count). The van der Waals surface area contributed by atoms with Gasteiger partial charge in [0.05, 0.1) is 5.52 Å². The fourth-order valence-electron chi connectivity index (χ4n) is 2.67. The van der Waals surface area contributed by atoms with Gasteiger partial charge in [-0.25, -0.2) is 9.07 Å². The zero-order valence-corrected chi connectivity index (χ0v) is 10.9. The molecule has 0 aliphatic heterocycles. The molecule has 0 unspecified atom stereocenters. The molecule has 0 spiro atoms. The molecule has 112 valence electrons. The maximum atomic E-state index is 13.7. The van der Waals surface area contributed by atoms with Crippen molar-refractivity contribution >= 4 is 10.9 Å². The molecule has 2 aromatic rings. The Hall–Kier alpha value is -2.05. The molecular formula is C14H12F4N2O. The first-order chi connectivity index (χ1) is 9.80. The summed E-state index contributed by atoms with van der Waals surface area (Å²) in [5.41, 5.74) is -2.30. The monoisotopic (exact) mass is 300 g/mol. The molecule has 1 saturated carbocycles. The van der Waals surface area contributed by atoms with Crippen LogP contribution in [0.4, 0.5) is 17.6 Å². The Bertz CT molecular complexity index is 775. The number of nitrogens with two attached hydrogens (primary N) is 1. The molecule has 1 heterocycles. The van der Waals surface area contributed by atoms with Gasteiger partial charge in [-0.15, -0.1) is 0 Å². The summed E-state index contributed by atoms with van der Waals surface area (Å²) in [5.74, 6) is 3.86. The molecule has 0 amide bonds. The third kappa shape index (κ3) is 2.07. The minimum absolute atomic E-state index is 0.0990. The Balaban J connectivity index is 2.35. The Labute approximate surface area is 116 Å². The van der Waals surface area contributed by atoms with E-state index in [4.69, 9.17) is 5.84 Å². The van der Waals surface area contributed by atoms with E-state index in [0.29, 0.717) is 4.68 Å². The van der Waals surface area contributed by atoms with E-state index in [9.17, 15) is 22.4 Å². The van der Waals surface area contributed by atoms with Crippen molar-refractivity contribution in [2.45, 2.75) is 31.4 Å². The number of halogens is 4. The number of nitrogens with zero attached hydrogens (tertiary/aromatic N) is 1. The number of nitrogen functional groups attached to an aromatic ring is 1. The first-order valence-corrected chi connectivity index (χ1v) is 6.51. The SMILES string of the molecule is Nn1c(=O)c(F)c(C(F)(F)F)c2ccc(C3CCC3)cc21. The Kier molecular flexibility index (Phi) is 2.96. The van der Waals surface area contributed by atoms with Gasteiger partial charge in [-0.05, 0) is 30.4 Å². The third-order valence-electron chi connectivity index (χ3n) is 4.04. The fraction of sp³-hybridized carbons (Fsp3) is 0.357. The van der Waals surface area contributed by atoms with Crippen molar-refractivity contribution in [2.24, 2.45) is 0 Å². The number of benzene rings is 1. The van der Waals surface area contributed by atoms with Crippen molar-refractivity contribution in [3.8, 4) is 0 Å². The predicted molar refractivity (Wildman–Crippen MR) is 69.9 cm³/mol. The van der Waals surface area contributed by atoms with Gasteiger partial charge in [0.2, 0.25) is 5.82 Å². The standard InChI is InChI=1S/C14H12F4N2O/c15-12-11(14(16,17)18)9-5-4-8(7-2-1-3-7)6-10(9)20(19)13(12)21/h4-7H,1-3,19H2. The lowest BCUT2D eigenvalue weighted by molar-refractivity contribution is -0.138. The van der Waals surface area contributed by atoms with Gasteiger partial charge in [-0.1, -0.05) is 18.6 Å². The van der Waals surface area contributed by atoms with Crippen LogP contribution in [-0.2, 0) is 6.18 Å². The highest BCUT2D eigenvalue weighted by Crippen LogP contribution is 2.39. The van der Waals surface area contributed by atoms with Gasteiger partial charge in [0, 0.05) is 5.39 Å². The van der Waals surface area contributed by atoms with E-state index in [1.54, 1.807) is 6.07 Å². The minimum Gasteiger partial charge on any atom is -0.336 e. The number of alkyl halides is 3. The van der Waals surface area contributed by atoms with Gasteiger partial charge >= 0.3 is 11.7 Å². The Morgan fingerprint density at radius 2 is 1.90 bits per heavy atom. The van der Waals surface area contributed by atoms with E-state index in [2.05, 4.69) is 0 Å². The summed E-state index contributed by atoms with van der Waals surface area (Å²) in [6.45, 7) is 0. The lowest BCUT2D eigenvalue weighted by Crippen LogP contribution is -2.33. The normalized spacial score (nSPS) is 16.2. The van der Waals surface area contributed by atoms with Crippen molar-refractivity contribution in [3.05, 3.63) is 45.5 Å². The van der Waals surface area contributed by atoms with Gasteiger partial charge in [-0.3, -0.25) is 4.79 Å². The van der Waals surface area contributed by atoms with E-state index < -0.39 is 28.5 Å². The van der Waals surface area contributed by atoms with E-state index in [0.717, 1.165) is 24.8 Å². The summed E-state index contributed by atoms with van der Waals surface area (Å²) >= 11 is 0. The molecule has 1 aromatic heterocycles. The van der Waals surface area contributed by atoms with Gasteiger partial charge in [0.15, 0.2) is 0 Å². The summed E-state index contributed by atoms with van der Waals surface area (Å²) in [6, 6.07) is 4.19. The number of pyridine rings is 1. The van der Waals surface area contributed by atoms with Crippen LogP contribution in [0.5, 0.6) is 0 Å². The minimum atomic E-state index is -4.95. The summed E-state index contributed by atoms with van der Waals surface area (Å²) in [4.78, 5) is 11.6. The van der Waals surface area contributed by atoms with Gasteiger partial charge < -0.3 is 5.84 Å². The predicted octanol–water partition coefficient (Wildman–Crippen LogP) is 3.14. The first kappa shape index (κ1) is 13.9. The van der Waals surface area contributed by atoms with Crippen LogP contribution in [0.15, 0.2) is 23.0 Å². The van der Waals surface area contributed by atoms with Crippen molar-refractivity contribution in [1.29, 1.82) is 0 Å². The second-order valence-electron chi connectivity index (χ2n) is 5.27. The van der Waals surface area contributed by atoms with Crippen LogP contribution in [0.1, 0.15) is 36.3 Å². The Morgan fingerprint density at radius 1 is 1.24 bits per heavy atom. The average Bonchev–Trinajstić information content (AvgIpc) is 2.33. The van der Waals surface area contributed by atoms with Crippen LogP contribution in [0.2, 0.25) is 0 Å². The molecule has 0 radical (unpaired) electrons. The Morgan fingerprint density at radius 3 is 2.43 bits per heavy atom. The van der Waals surface area contributed by atoms with Crippen LogP contribution in [0.3, 0.4) is 0 Å². The largest absolute Gasteiger partial charge is 0.420 e. The lowest BCUT2D eigenvalue weighted by atomic mass is 9.80. The molecule has 1 aliphatic rings.